The van der Waals surface area contributed by atoms with Crippen LogP contribution < -0.4 is 0 Å². The fraction of sp³-hybridized carbons (Fsp3) is 0. The first-order chi connectivity index (χ1) is 6.27. The number of fused-ring (bicyclic) bond motifs is 1. The summed E-state index contributed by atoms with van der Waals surface area (Å²) in [6, 6.07) is 14.4. The van der Waals surface area contributed by atoms with Crippen molar-refractivity contribution in [2.45, 2.75) is 0 Å². The summed E-state index contributed by atoms with van der Waals surface area (Å²) < 4.78 is 0. The van der Waals surface area contributed by atoms with Gasteiger partial charge in [0.25, 0.3) is 0 Å². The average Bonchev–Trinajstić information content (AvgIpc) is 2.17. The first-order valence-corrected chi connectivity index (χ1v) is 3.83. The highest BCUT2D eigenvalue weighted by Gasteiger charge is 2.02. The standard InChI is InChI=1S/C11H6O2/c12-11(13)10-6-5-8-3-1-2-4-9(8)7-10/h1-2,4-5,7H,(H,12,13). The summed E-state index contributed by atoms with van der Waals surface area (Å²) in [6.07, 6.45) is 0. The molecule has 13 heavy (non-hydrogen) atoms. The Kier molecular flexibility index (Phi) is 1.74. The Labute approximate surface area is 75.4 Å². The van der Waals surface area contributed by atoms with Crippen LogP contribution in [-0.2, 0) is 0 Å². The minimum absolute atomic E-state index is 0.187. The second-order valence-electron chi connectivity index (χ2n) is 2.69. The molecule has 0 saturated carbocycles. The lowest BCUT2D eigenvalue weighted by Gasteiger charge is -1.97. The zero-order valence-corrected chi connectivity index (χ0v) is 6.74. The molecule has 0 aliphatic carbocycles. The summed E-state index contributed by atoms with van der Waals surface area (Å²) in [4.78, 5) is 10.6. The number of aromatic carboxylic acids is 1. The molecule has 1 N–H and O–H groups in total. The average molecular weight is 170 g/mol. The van der Waals surface area contributed by atoms with Crippen molar-refractivity contribution in [2.75, 3.05) is 0 Å². The van der Waals surface area contributed by atoms with Crippen LogP contribution in [0.4, 0.5) is 0 Å². The van der Waals surface area contributed by atoms with Gasteiger partial charge in [-0.05, 0) is 35.0 Å². The van der Waals surface area contributed by atoms with E-state index in [4.69, 9.17) is 5.11 Å². The normalized spacial score (nSPS) is 10.2. The maximum Gasteiger partial charge on any atom is 0.336 e. The molecule has 2 aromatic carbocycles. The monoisotopic (exact) mass is 170 g/mol. The number of carbonyl (C=O) groups is 1. The van der Waals surface area contributed by atoms with E-state index in [9.17, 15) is 4.79 Å². The summed E-state index contributed by atoms with van der Waals surface area (Å²) >= 11 is 0. The maximum absolute atomic E-state index is 10.6. The van der Waals surface area contributed by atoms with E-state index in [1.807, 2.05) is 12.1 Å². The van der Waals surface area contributed by atoms with Gasteiger partial charge >= 0.3 is 5.97 Å². The number of rotatable bonds is 1. The van der Waals surface area contributed by atoms with Gasteiger partial charge in [-0.3, -0.25) is 0 Å². The Morgan fingerprint density at radius 2 is 2.23 bits per heavy atom. The molecule has 0 unspecified atom stereocenters. The van der Waals surface area contributed by atoms with Crippen LogP contribution in [0.5, 0.6) is 0 Å². The van der Waals surface area contributed by atoms with E-state index in [1.54, 1.807) is 18.2 Å². The SMILES string of the molecule is O=C(O)c1[c]cc2[c]cccc2c1. The Morgan fingerprint density at radius 3 is 3.00 bits per heavy atom. The summed E-state index contributed by atoms with van der Waals surface area (Å²) in [5, 5.41) is 10.5. The summed E-state index contributed by atoms with van der Waals surface area (Å²) in [5.74, 6) is -0.953. The predicted molar refractivity (Wildman–Crippen MR) is 48.6 cm³/mol. The highest BCUT2D eigenvalue weighted by molar-refractivity contribution is 5.93. The Balaban J connectivity index is 2.69. The number of carboxylic acids is 1. The Hall–Kier alpha value is -1.83. The fourth-order valence-corrected chi connectivity index (χ4v) is 1.18. The molecule has 2 aromatic rings. The van der Waals surface area contributed by atoms with Crippen LogP contribution >= 0.6 is 0 Å². The third kappa shape index (κ3) is 1.38. The van der Waals surface area contributed by atoms with Gasteiger partial charge in [0.05, 0.1) is 5.56 Å². The van der Waals surface area contributed by atoms with Crippen LogP contribution in [0, 0.1) is 12.1 Å². The van der Waals surface area contributed by atoms with Gasteiger partial charge in [-0.1, -0.05) is 18.2 Å². The van der Waals surface area contributed by atoms with E-state index in [-0.39, 0.29) is 5.56 Å². The number of hydrogen-bond donors (Lipinski definition) is 1. The lowest BCUT2D eigenvalue weighted by Crippen LogP contribution is -1.95. The second kappa shape index (κ2) is 2.90. The lowest BCUT2D eigenvalue weighted by molar-refractivity contribution is 0.0696. The van der Waals surface area contributed by atoms with Gasteiger partial charge in [0.15, 0.2) is 0 Å². The summed E-state index contributed by atoms with van der Waals surface area (Å²) in [6.45, 7) is 0. The van der Waals surface area contributed by atoms with Gasteiger partial charge < -0.3 is 5.11 Å². The molecular weight excluding hydrogens is 164 g/mol. The fourth-order valence-electron chi connectivity index (χ4n) is 1.18. The van der Waals surface area contributed by atoms with Gasteiger partial charge in [0, 0.05) is 0 Å². The Bertz CT molecular complexity index is 460. The van der Waals surface area contributed by atoms with Crippen molar-refractivity contribution in [1.82, 2.24) is 0 Å². The predicted octanol–water partition coefficient (Wildman–Crippen LogP) is 2.14. The lowest BCUT2D eigenvalue weighted by atomic mass is 10.1. The van der Waals surface area contributed by atoms with Crippen molar-refractivity contribution >= 4 is 16.7 Å². The first kappa shape index (κ1) is 7.80. The second-order valence-corrected chi connectivity index (χ2v) is 2.69. The molecule has 0 saturated heterocycles. The number of benzene rings is 2. The zero-order valence-electron chi connectivity index (χ0n) is 6.74. The first-order valence-electron chi connectivity index (χ1n) is 3.83. The molecule has 2 heteroatoms. The number of carboxylic acid groups (broad SMARTS) is 1. The summed E-state index contributed by atoms with van der Waals surface area (Å²) in [5.41, 5.74) is 0.187. The maximum atomic E-state index is 10.6. The van der Waals surface area contributed by atoms with E-state index in [2.05, 4.69) is 12.1 Å². The van der Waals surface area contributed by atoms with Crippen molar-refractivity contribution in [3.63, 3.8) is 0 Å². The van der Waals surface area contributed by atoms with Crippen molar-refractivity contribution in [1.29, 1.82) is 0 Å². The molecule has 0 fully saturated rings. The molecule has 0 heterocycles. The van der Waals surface area contributed by atoms with Gasteiger partial charge in [-0.2, -0.15) is 0 Å². The van der Waals surface area contributed by atoms with E-state index >= 15 is 0 Å². The third-order valence-corrected chi connectivity index (χ3v) is 1.82. The van der Waals surface area contributed by atoms with E-state index < -0.39 is 5.97 Å². The molecule has 0 aromatic heterocycles. The van der Waals surface area contributed by atoms with E-state index in [1.165, 1.54) is 0 Å². The van der Waals surface area contributed by atoms with E-state index in [0.29, 0.717) is 0 Å². The van der Waals surface area contributed by atoms with Crippen LogP contribution in [0.15, 0.2) is 30.3 Å². The summed E-state index contributed by atoms with van der Waals surface area (Å²) in [7, 11) is 0. The molecule has 0 aliphatic heterocycles. The molecule has 0 aliphatic rings. The van der Waals surface area contributed by atoms with Crippen LogP contribution in [-0.4, -0.2) is 11.1 Å². The molecule has 2 nitrogen and oxygen atoms in total. The van der Waals surface area contributed by atoms with Crippen LogP contribution in [0.25, 0.3) is 10.8 Å². The molecule has 0 atom stereocenters. The van der Waals surface area contributed by atoms with Crippen molar-refractivity contribution in [2.24, 2.45) is 0 Å². The van der Waals surface area contributed by atoms with Gasteiger partial charge in [0.2, 0.25) is 0 Å². The van der Waals surface area contributed by atoms with Gasteiger partial charge in [-0.15, -0.1) is 0 Å². The van der Waals surface area contributed by atoms with Crippen LogP contribution in [0.2, 0.25) is 0 Å². The molecule has 0 amide bonds. The largest absolute Gasteiger partial charge is 0.478 e. The molecule has 0 bridgehead atoms. The topological polar surface area (TPSA) is 37.3 Å². The quantitative estimate of drug-likeness (QED) is 0.711. The van der Waals surface area contributed by atoms with Gasteiger partial charge in [-0.25, -0.2) is 4.79 Å². The zero-order chi connectivity index (χ0) is 9.26. The smallest absolute Gasteiger partial charge is 0.336 e. The van der Waals surface area contributed by atoms with Crippen molar-refractivity contribution in [3.05, 3.63) is 48.0 Å². The Morgan fingerprint density at radius 1 is 1.38 bits per heavy atom. The molecule has 2 rings (SSSR count). The highest BCUT2D eigenvalue weighted by Crippen LogP contribution is 2.14. The molecule has 62 valence electrons. The minimum Gasteiger partial charge on any atom is -0.478 e. The van der Waals surface area contributed by atoms with E-state index in [0.717, 1.165) is 10.8 Å². The molecule has 0 spiro atoms. The highest BCUT2D eigenvalue weighted by atomic mass is 16.4. The minimum atomic E-state index is -0.953. The van der Waals surface area contributed by atoms with Crippen molar-refractivity contribution < 1.29 is 9.90 Å². The number of hydrogen-bond acceptors (Lipinski definition) is 1. The van der Waals surface area contributed by atoms with Crippen LogP contribution in [0.1, 0.15) is 10.4 Å². The van der Waals surface area contributed by atoms with Crippen LogP contribution in [0.3, 0.4) is 0 Å². The molecular formula is C11H6O2. The van der Waals surface area contributed by atoms with Gasteiger partial charge in [0.1, 0.15) is 0 Å². The molecule has 2 radical (unpaired) electrons. The third-order valence-electron chi connectivity index (χ3n) is 1.82. The van der Waals surface area contributed by atoms with Crippen molar-refractivity contribution in [3.8, 4) is 0 Å².